The quantitative estimate of drug-likeness (QED) is 0.367. The van der Waals surface area contributed by atoms with E-state index in [1.165, 1.54) is 19.1 Å². The number of imide groups is 1. The second-order valence-electron chi connectivity index (χ2n) is 6.36. The number of rotatable bonds is 9. The van der Waals surface area contributed by atoms with Gasteiger partial charge in [0.2, 0.25) is 0 Å². The molecule has 6 nitrogen and oxygen atoms in total. The minimum Gasteiger partial charge on any atom is -0.453 e. The average molecular weight is 411 g/mol. The average Bonchev–Trinajstić information content (AvgIpc) is 3.18. The highest BCUT2D eigenvalue weighted by Crippen LogP contribution is 2.39. The Bertz CT molecular complexity index is 621. The van der Waals surface area contributed by atoms with Crippen LogP contribution in [0.4, 0.5) is 4.79 Å². The van der Waals surface area contributed by atoms with Crippen molar-refractivity contribution < 1.29 is 19.1 Å². The minimum absolute atomic E-state index is 0.294. The van der Waals surface area contributed by atoms with Gasteiger partial charge in [-0.2, -0.15) is 0 Å². The van der Waals surface area contributed by atoms with E-state index in [2.05, 4.69) is 10.6 Å². The second kappa shape index (κ2) is 11.9. The highest BCUT2D eigenvalue weighted by Gasteiger charge is 2.20. The number of amides is 3. The molecule has 27 heavy (non-hydrogen) atoms. The first-order valence-electron chi connectivity index (χ1n) is 9.15. The van der Waals surface area contributed by atoms with Gasteiger partial charge in [-0.25, -0.2) is 4.79 Å². The minimum atomic E-state index is -0.998. The number of hydrogen-bond acceptors (Lipinski definition) is 6. The Balaban J connectivity index is 1.57. The van der Waals surface area contributed by atoms with Gasteiger partial charge in [-0.15, -0.1) is 0 Å². The summed E-state index contributed by atoms with van der Waals surface area (Å²) in [5.41, 5.74) is 0.925. The number of benzene rings is 1. The van der Waals surface area contributed by atoms with E-state index < -0.39 is 24.0 Å². The molecule has 1 aliphatic heterocycles. The fourth-order valence-electron chi connectivity index (χ4n) is 2.55. The third-order valence-corrected chi connectivity index (χ3v) is 7.10. The number of nitrogens with one attached hydrogen (secondary N) is 2. The van der Waals surface area contributed by atoms with Crippen LogP contribution in [0.15, 0.2) is 30.3 Å². The van der Waals surface area contributed by atoms with Crippen molar-refractivity contribution in [1.29, 1.82) is 0 Å². The highest BCUT2D eigenvalue weighted by molar-refractivity contribution is 8.77. The Labute approximate surface area is 168 Å². The van der Waals surface area contributed by atoms with E-state index in [4.69, 9.17) is 4.74 Å². The van der Waals surface area contributed by atoms with E-state index in [0.717, 1.165) is 24.8 Å². The van der Waals surface area contributed by atoms with E-state index in [1.54, 1.807) is 0 Å². The van der Waals surface area contributed by atoms with Gasteiger partial charge in [-0.3, -0.25) is 14.9 Å². The molecule has 8 heteroatoms. The molecule has 0 aliphatic carbocycles. The van der Waals surface area contributed by atoms with Crippen LogP contribution >= 0.6 is 21.6 Å². The summed E-state index contributed by atoms with van der Waals surface area (Å²) in [6.45, 7) is 1.77. The summed E-state index contributed by atoms with van der Waals surface area (Å²) in [7, 11) is 3.85. The molecular formula is C19H26N2O4S2. The zero-order chi connectivity index (χ0) is 19.5. The van der Waals surface area contributed by atoms with Crippen molar-refractivity contribution in [3.05, 3.63) is 35.9 Å². The van der Waals surface area contributed by atoms with Gasteiger partial charge in [0.05, 0.1) is 0 Å². The van der Waals surface area contributed by atoms with Crippen LogP contribution in [0.1, 0.15) is 44.6 Å². The molecule has 3 amide bonds. The molecule has 1 aromatic rings. The Kier molecular flexibility index (Phi) is 9.55. The lowest BCUT2D eigenvalue weighted by Gasteiger charge is -2.13. The summed E-state index contributed by atoms with van der Waals surface area (Å²) in [6.07, 6.45) is 3.39. The molecule has 1 saturated heterocycles. The van der Waals surface area contributed by atoms with Crippen LogP contribution in [0, 0.1) is 0 Å². The molecule has 0 spiro atoms. The molecule has 2 atom stereocenters. The monoisotopic (exact) mass is 410 g/mol. The zero-order valence-electron chi connectivity index (χ0n) is 15.4. The SMILES string of the molecule is C[C@H](OC(=O)CCCC[C@@H]1CCSS1)C(=O)NC(=O)NCc1ccccc1. The van der Waals surface area contributed by atoms with Crippen LogP contribution in [0.5, 0.6) is 0 Å². The maximum Gasteiger partial charge on any atom is 0.321 e. The molecule has 1 aromatic carbocycles. The molecule has 148 valence electrons. The van der Waals surface area contributed by atoms with E-state index in [0.29, 0.717) is 18.2 Å². The number of esters is 1. The first-order valence-corrected chi connectivity index (χ1v) is 11.5. The standard InChI is InChI=1S/C19H26N2O4S2/c1-14(25-17(22)10-6-5-9-16-11-12-26-27-16)18(23)21-19(24)20-13-15-7-3-2-4-8-15/h2-4,7-8,14,16H,5-6,9-13H2,1H3,(H2,20,21,23,24)/t14-,16+/m0/s1. The summed E-state index contributed by atoms with van der Waals surface area (Å²) in [6, 6.07) is 8.75. The van der Waals surface area contributed by atoms with Crippen LogP contribution < -0.4 is 10.6 Å². The molecule has 1 fully saturated rings. The maximum atomic E-state index is 11.9. The molecule has 0 saturated carbocycles. The highest BCUT2D eigenvalue weighted by atomic mass is 33.1. The first-order chi connectivity index (χ1) is 13.0. The topological polar surface area (TPSA) is 84.5 Å². The third kappa shape index (κ3) is 8.71. The van der Waals surface area contributed by atoms with E-state index in [-0.39, 0.29) is 0 Å². The number of carbonyl (C=O) groups excluding carboxylic acids is 3. The largest absolute Gasteiger partial charge is 0.453 e. The van der Waals surface area contributed by atoms with Gasteiger partial charge in [0.15, 0.2) is 6.10 Å². The van der Waals surface area contributed by atoms with Gasteiger partial charge in [-0.05, 0) is 31.7 Å². The predicted molar refractivity (Wildman–Crippen MR) is 109 cm³/mol. The van der Waals surface area contributed by atoms with Crippen molar-refractivity contribution >= 4 is 39.5 Å². The lowest BCUT2D eigenvalue weighted by molar-refractivity contribution is -0.154. The molecule has 2 rings (SSSR count). The lowest BCUT2D eigenvalue weighted by atomic mass is 10.1. The van der Waals surface area contributed by atoms with Gasteiger partial charge in [-0.1, -0.05) is 58.3 Å². The lowest BCUT2D eigenvalue weighted by Crippen LogP contribution is -2.44. The van der Waals surface area contributed by atoms with Crippen LogP contribution in [0.3, 0.4) is 0 Å². The normalized spacial score (nSPS) is 17.1. The maximum absolute atomic E-state index is 11.9. The molecule has 0 bridgehead atoms. The van der Waals surface area contributed by atoms with Gasteiger partial charge < -0.3 is 10.1 Å². The zero-order valence-corrected chi connectivity index (χ0v) is 17.1. The number of hydrogen-bond donors (Lipinski definition) is 2. The summed E-state index contributed by atoms with van der Waals surface area (Å²) >= 11 is 0. The van der Waals surface area contributed by atoms with Crippen molar-refractivity contribution in [2.45, 2.75) is 56.9 Å². The van der Waals surface area contributed by atoms with E-state index >= 15 is 0 Å². The number of ether oxygens (including phenoxy) is 1. The molecule has 0 unspecified atom stereocenters. The smallest absolute Gasteiger partial charge is 0.321 e. The summed E-state index contributed by atoms with van der Waals surface area (Å²) in [4.78, 5) is 35.6. The summed E-state index contributed by atoms with van der Waals surface area (Å²) in [5, 5.41) is 5.48. The molecule has 2 N–H and O–H groups in total. The molecule has 1 aliphatic rings. The summed E-state index contributed by atoms with van der Waals surface area (Å²) < 4.78 is 5.11. The Morgan fingerprint density at radius 2 is 2.00 bits per heavy atom. The molecule has 1 heterocycles. The van der Waals surface area contributed by atoms with Gasteiger partial charge >= 0.3 is 12.0 Å². The summed E-state index contributed by atoms with van der Waals surface area (Å²) in [5.74, 6) is 0.173. The van der Waals surface area contributed by atoms with Crippen molar-refractivity contribution in [3.8, 4) is 0 Å². The number of carbonyl (C=O) groups is 3. The molecular weight excluding hydrogens is 384 g/mol. The van der Waals surface area contributed by atoms with Crippen molar-refractivity contribution in [2.75, 3.05) is 5.75 Å². The second-order valence-corrected chi connectivity index (χ2v) is 9.15. The van der Waals surface area contributed by atoms with Crippen molar-refractivity contribution in [1.82, 2.24) is 10.6 Å². The van der Waals surface area contributed by atoms with Crippen molar-refractivity contribution in [3.63, 3.8) is 0 Å². The molecule has 0 radical (unpaired) electrons. The van der Waals surface area contributed by atoms with Crippen LogP contribution in [0.2, 0.25) is 0 Å². The fraction of sp³-hybridized carbons (Fsp3) is 0.526. The third-order valence-electron chi connectivity index (χ3n) is 4.09. The first kappa shape index (κ1) is 21.6. The van der Waals surface area contributed by atoms with Crippen LogP contribution in [-0.2, 0) is 20.9 Å². The van der Waals surface area contributed by atoms with Gasteiger partial charge in [0, 0.05) is 24.0 Å². The number of urea groups is 1. The fourth-order valence-corrected chi connectivity index (χ4v) is 5.58. The van der Waals surface area contributed by atoms with Gasteiger partial charge in [0.1, 0.15) is 0 Å². The Morgan fingerprint density at radius 1 is 1.22 bits per heavy atom. The van der Waals surface area contributed by atoms with Crippen LogP contribution in [0.25, 0.3) is 0 Å². The van der Waals surface area contributed by atoms with Gasteiger partial charge in [0.25, 0.3) is 5.91 Å². The Morgan fingerprint density at radius 3 is 2.70 bits per heavy atom. The number of unbranched alkanes of at least 4 members (excludes halogenated alkanes) is 1. The predicted octanol–water partition coefficient (Wildman–Crippen LogP) is 3.66. The van der Waals surface area contributed by atoms with E-state index in [1.807, 2.05) is 51.9 Å². The van der Waals surface area contributed by atoms with Crippen LogP contribution in [-0.4, -0.2) is 35.0 Å². The molecule has 0 aromatic heterocycles. The van der Waals surface area contributed by atoms with Crippen molar-refractivity contribution in [2.24, 2.45) is 0 Å². The Hall–Kier alpha value is -1.67. The van der Waals surface area contributed by atoms with E-state index in [9.17, 15) is 14.4 Å².